The van der Waals surface area contributed by atoms with Gasteiger partial charge in [0.1, 0.15) is 17.1 Å². The molecule has 2 aromatic rings. The second-order valence-corrected chi connectivity index (χ2v) is 5.46. The first kappa shape index (κ1) is 16.7. The molecule has 1 aromatic carbocycles. The lowest BCUT2D eigenvalue weighted by atomic mass is 10.2. The van der Waals surface area contributed by atoms with Crippen molar-refractivity contribution < 1.29 is 14.6 Å². The molecule has 128 valence electrons. The molecular formula is C17H15N3O4S. The Morgan fingerprint density at radius 2 is 2.12 bits per heavy atom. The Morgan fingerprint density at radius 3 is 2.76 bits per heavy atom. The summed E-state index contributed by atoms with van der Waals surface area (Å²) in [5.41, 5.74) is 0.508. The van der Waals surface area contributed by atoms with Crippen molar-refractivity contribution in [1.29, 1.82) is 0 Å². The van der Waals surface area contributed by atoms with Gasteiger partial charge in [0.15, 0.2) is 4.77 Å². The Bertz CT molecular complexity index is 1020. The third-order valence-electron chi connectivity index (χ3n) is 3.62. The molecule has 1 aromatic heterocycles. The number of hydrogen-bond acceptors (Lipinski definition) is 6. The summed E-state index contributed by atoms with van der Waals surface area (Å²) < 4.78 is 11.9. The van der Waals surface area contributed by atoms with Gasteiger partial charge in [0.05, 0.1) is 25.6 Å². The SMILES string of the molecule is COc1ccc(OC)c(-n2c(O)c(/C=C3/C=CC=N3)c(=O)[nH]c2=S)c1. The van der Waals surface area contributed by atoms with Crippen LogP contribution in [0.15, 0.2) is 45.8 Å². The fourth-order valence-electron chi connectivity index (χ4n) is 2.41. The van der Waals surface area contributed by atoms with Gasteiger partial charge in [-0.1, -0.05) is 0 Å². The van der Waals surface area contributed by atoms with Crippen LogP contribution in [-0.2, 0) is 0 Å². The second-order valence-electron chi connectivity index (χ2n) is 5.08. The van der Waals surface area contributed by atoms with Gasteiger partial charge in [-0.05, 0) is 42.6 Å². The Morgan fingerprint density at radius 1 is 1.32 bits per heavy atom. The first-order chi connectivity index (χ1) is 12.0. The van der Waals surface area contributed by atoms with Crippen LogP contribution >= 0.6 is 12.2 Å². The molecule has 0 spiro atoms. The van der Waals surface area contributed by atoms with Gasteiger partial charge in [-0.25, -0.2) is 0 Å². The summed E-state index contributed by atoms with van der Waals surface area (Å²) in [5.74, 6) is 0.687. The van der Waals surface area contributed by atoms with Crippen molar-refractivity contribution in [3.05, 3.63) is 56.7 Å². The van der Waals surface area contributed by atoms with Crippen LogP contribution in [-0.4, -0.2) is 35.1 Å². The zero-order valence-corrected chi connectivity index (χ0v) is 14.3. The van der Waals surface area contributed by atoms with E-state index in [2.05, 4.69) is 9.98 Å². The van der Waals surface area contributed by atoms with E-state index in [9.17, 15) is 9.90 Å². The Hall–Kier alpha value is -3.13. The molecule has 0 fully saturated rings. The Balaban J connectivity index is 2.29. The van der Waals surface area contributed by atoms with Gasteiger partial charge in [0.25, 0.3) is 5.56 Å². The molecule has 0 aliphatic carbocycles. The van der Waals surface area contributed by atoms with Gasteiger partial charge in [0, 0.05) is 12.3 Å². The zero-order valence-electron chi connectivity index (χ0n) is 13.5. The van der Waals surface area contributed by atoms with E-state index < -0.39 is 5.56 Å². The number of H-pyrrole nitrogens is 1. The van der Waals surface area contributed by atoms with E-state index in [-0.39, 0.29) is 16.2 Å². The number of nitrogens with zero attached hydrogens (tertiary/aromatic N) is 2. The number of methoxy groups -OCH3 is 2. The Kier molecular flexibility index (Phi) is 4.53. The Labute approximate surface area is 148 Å². The highest BCUT2D eigenvalue weighted by molar-refractivity contribution is 7.71. The van der Waals surface area contributed by atoms with Gasteiger partial charge >= 0.3 is 0 Å². The van der Waals surface area contributed by atoms with Crippen molar-refractivity contribution in [2.24, 2.45) is 4.99 Å². The topological polar surface area (TPSA) is 88.8 Å². The summed E-state index contributed by atoms with van der Waals surface area (Å²) in [6, 6.07) is 5.05. The number of aromatic hydroxyl groups is 1. The highest BCUT2D eigenvalue weighted by atomic mass is 32.1. The smallest absolute Gasteiger partial charge is 0.262 e. The van der Waals surface area contributed by atoms with E-state index in [1.54, 1.807) is 36.6 Å². The van der Waals surface area contributed by atoms with E-state index in [1.807, 2.05) is 0 Å². The first-order valence-corrected chi connectivity index (χ1v) is 7.69. The number of rotatable bonds is 4. The van der Waals surface area contributed by atoms with E-state index in [0.717, 1.165) is 0 Å². The molecule has 0 radical (unpaired) electrons. The van der Waals surface area contributed by atoms with Crippen LogP contribution in [0.25, 0.3) is 11.8 Å². The predicted molar refractivity (Wildman–Crippen MR) is 97.6 cm³/mol. The molecule has 2 N–H and O–H groups in total. The highest BCUT2D eigenvalue weighted by Gasteiger charge is 2.17. The maximum Gasteiger partial charge on any atom is 0.262 e. The molecule has 1 aliphatic heterocycles. The normalized spacial score (nSPS) is 14.2. The van der Waals surface area contributed by atoms with Crippen LogP contribution in [0.1, 0.15) is 5.56 Å². The summed E-state index contributed by atoms with van der Waals surface area (Å²) >= 11 is 5.23. The van der Waals surface area contributed by atoms with Crippen molar-refractivity contribution in [3.63, 3.8) is 0 Å². The highest BCUT2D eigenvalue weighted by Crippen LogP contribution is 2.31. The number of ether oxygens (including phenoxy) is 2. The maximum atomic E-state index is 12.2. The van der Waals surface area contributed by atoms with Crippen molar-refractivity contribution in [3.8, 4) is 23.1 Å². The predicted octanol–water partition coefficient (Wildman–Crippen LogP) is 2.60. The minimum absolute atomic E-state index is 0.0293. The lowest BCUT2D eigenvalue weighted by molar-refractivity contribution is 0.394. The van der Waals surface area contributed by atoms with Crippen LogP contribution in [0, 0.1) is 4.77 Å². The van der Waals surface area contributed by atoms with Crippen LogP contribution in [0.5, 0.6) is 17.4 Å². The summed E-state index contributed by atoms with van der Waals surface area (Å²) in [5, 5.41) is 10.7. The molecule has 0 saturated carbocycles. The lowest BCUT2D eigenvalue weighted by Gasteiger charge is -2.15. The van der Waals surface area contributed by atoms with Gasteiger partial charge in [0.2, 0.25) is 5.88 Å². The molecule has 0 atom stereocenters. The van der Waals surface area contributed by atoms with Crippen molar-refractivity contribution >= 4 is 24.5 Å². The van der Waals surface area contributed by atoms with Crippen LogP contribution in [0.4, 0.5) is 0 Å². The van der Waals surface area contributed by atoms with E-state index in [0.29, 0.717) is 22.9 Å². The van der Waals surface area contributed by atoms with E-state index in [1.165, 1.54) is 24.9 Å². The van der Waals surface area contributed by atoms with Crippen molar-refractivity contribution in [1.82, 2.24) is 9.55 Å². The maximum absolute atomic E-state index is 12.2. The molecule has 2 heterocycles. The first-order valence-electron chi connectivity index (χ1n) is 7.28. The van der Waals surface area contributed by atoms with Crippen LogP contribution in [0.3, 0.4) is 0 Å². The molecule has 0 amide bonds. The minimum Gasteiger partial charge on any atom is -0.497 e. The van der Waals surface area contributed by atoms with Crippen LogP contribution < -0.4 is 15.0 Å². The third-order valence-corrected chi connectivity index (χ3v) is 3.90. The second kappa shape index (κ2) is 6.78. The number of hydrogen-bond donors (Lipinski definition) is 2. The number of allylic oxidation sites excluding steroid dienone is 2. The standard InChI is InChI=1S/C17H15N3O4S/c1-23-11-5-6-14(24-2)13(9-11)20-16(22)12(15(21)19-17(20)25)8-10-4-3-7-18-10/h3-9,22H,1-2H3,(H,19,21,25)/b10-8-. The molecule has 3 rings (SSSR count). The largest absolute Gasteiger partial charge is 0.497 e. The average Bonchev–Trinajstić information content (AvgIpc) is 3.11. The van der Waals surface area contributed by atoms with Crippen molar-refractivity contribution in [2.75, 3.05) is 14.2 Å². The van der Waals surface area contributed by atoms with Gasteiger partial charge < -0.3 is 14.6 Å². The average molecular weight is 357 g/mol. The lowest BCUT2D eigenvalue weighted by Crippen LogP contribution is -2.16. The number of aliphatic imine (C=N–C) groups is 1. The van der Waals surface area contributed by atoms with Gasteiger partial charge in [-0.15, -0.1) is 0 Å². The minimum atomic E-state index is -0.511. The number of aromatic nitrogens is 2. The van der Waals surface area contributed by atoms with Crippen molar-refractivity contribution in [2.45, 2.75) is 0 Å². The summed E-state index contributed by atoms with van der Waals surface area (Å²) in [6.45, 7) is 0. The van der Waals surface area contributed by atoms with Gasteiger partial charge in [-0.2, -0.15) is 0 Å². The zero-order chi connectivity index (χ0) is 18.0. The number of benzene rings is 1. The molecule has 8 heteroatoms. The number of nitrogens with one attached hydrogen (secondary N) is 1. The van der Waals surface area contributed by atoms with Gasteiger partial charge in [-0.3, -0.25) is 19.3 Å². The van der Waals surface area contributed by atoms with Crippen LogP contribution in [0.2, 0.25) is 0 Å². The molecule has 0 saturated heterocycles. The molecule has 0 unspecified atom stereocenters. The molecule has 1 aliphatic rings. The molecule has 7 nitrogen and oxygen atoms in total. The monoisotopic (exact) mass is 357 g/mol. The summed E-state index contributed by atoms with van der Waals surface area (Å²) in [4.78, 5) is 18.9. The fourth-order valence-corrected chi connectivity index (χ4v) is 2.69. The summed E-state index contributed by atoms with van der Waals surface area (Å²) in [6.07, 6.45) is 6.53. The molecule has 25 heavy (non-hydrogen) atoms. The number of aromatic amines is 1. The molecule has 0 bridgehead atoms. The van der Waals surface area contributed by atoms with E-state index in [4.69, 9.17) is 21.7 Å². The third kappa shape index (κ3) is 3.11. The quantitative estimate of drug-likeness (QED) is 0.821. The fraction of sp³-hybridized carbons (Fsp3) is 0.118. The summed E-state index contributed by atoms with van der Waals surface area (Å²) in [7, 11) is 3.02. The van der Waals surface area contributed by atoms with E-state index >= 15 is 0 Å². The molecular weight excluding hydrogens is 342 g/mol.